The molecule has 28 heavy (non-hydrogen) atoms. The van der Waals surface area contributed by atoms with E-state index in [1.807, 2.05) is 29.2 Å². The van der Waals surface area contributed by atoms with Crippen LogP contribution in [0.5, 0.6) is 5.75 Å². The third kappa shape index (κ3) is 5.73. The maximum absolute atomic E-state index is 12.6. The Kier molecular flexibility index (Phi) is 6.57. The van der Waals surface area contributed by atoms with Crippen molar-refractivity contribution in [3.05, 3.63) is 65.2 Å². The lowest BCUT2D eigenvalue weighted by Crippen LogP contribution is -2.32. The van der Waals surface area contributed by atoms with Crippen LogP contribution in [0.2, 0.25) is 0 Å². The van der Waals surface area contributed by atoms with Crippen LogP contribution in [0.1, 0.15) is 29.5 Å². The SMILES string of the molecule is O=C1CCCN1CCNCc1ccc(OCc2ccc(C(F)(F)F)cc2)cc1. The summed E-state index contributed by atoms with van der Waals surface area (Å²) >= 11 is 0. The van der Waals surface area contributed by atoms with Crippen LogP contribution in [-0.2, 0) is 24.1 Å². The van der Waals surface area contributed by atoms with Crippen LogP contribution in [0.25, 0.3) is 0 Å². The monoisotopic (exact) mass is 392 g/mol. The largest absolute Gasteiger partial charge is 0.489 e. The molecule has 1 N–H and O–H groups in total. The number of hydrogen-bond donors (Lipinski definition) is 1. The Hall–Kier alpha value is -2.54. The molecule has 2 aromatic rings. The van der Waals surface area contributed by atoms with Crippen molar-refractivity contribution in [3.8, 4) is 5.75 Å². The molecule has 150 valence electrons. The zero-order valence-electron chi connectivity index (χ0n) is 15.5. The van der Waals surface area contributed by atoms with Crippen molar-refractivity contribution < 1.29 is 22.7 Å². The van der Waals surface area contributed by atoms with E-state index in [0.29, 0.717) is 24.3 Å². The minimum Gasteiger partial charge on any atom is -0.489 e. The number of nitrogens with one attached hydrogen (secondary N) is 1. The summed E-state index contributed by atoms with van der Waals surface area (Å²) in [6.07, 6.45) is -2.71. The molecule has 0 spiro atoms. The Labute approximate surface area is 162 Å². The standard InChI is InChI=1S/C21H23F3N2O2/c22-21(23,24)18-7-3-17(4-8-18)15-28-19-9-5-16(6-10-19)14-25-11-13-26-12-1-2-20(26)27/h3-10,25H,1-2,11-15H2. The van der Waals surface area contributed by atoms with Gasteiger partial charge in [0, 0.05) is 32.6 Å². The van der Waals surface area contributed by atoms with Crippen LogP contribution >= 0.6 is 0 Å². The Balaban J connectivity index is 1.40. The normalized spacial score (nSPS) is 14.5. The fourth-order valence-corrected chi connectivity index (χ4v) is 3.05. The average molecular weight is 392 g/mol. The highest BCUT2D eigenvalue weighted by molar-refractivity contribution is 5.78. The molecule has 0 saturated carbocycles. The predicted molar refractivity (Wildman–Crippen MR) is 99.7 cm³/mol. The van der Waals surface area contributed by atoms with E-state index in [9.17, 15) is 18.0 Å². The molecule has 0 bridgehead atoms. The molecular formula is C21H23F3N2O2. The highest BCUT2D eigenvalue weighted by atomic mass is 19.4. The maximum atomic E-state index is 12.6. The van der Waals surface area contributed by atoms with Crippen molar-refractivity contribution in [2.45, 2.75) is 32.2 Å². The van der Waals surface area contributed by atoms with Gasteiger partial charge in [0.25, 0.3) is 0 Å². The first-order chi connectivity index (χ1) is 13.4. The van der Waals surface area contributed by atoms with Crippen molar-refractivity contribution in [3.63, 3.8) is 0 Å². The molecule has 3 rings (SSSR count). The van der Waals surface area contributed by atoms with Crippen molar-refractivity contribution >= 4 is 5.91 Å². The quantitative estimate of drug-likeness (QED) is 0.691. The molecule has 7 heteroatoms. The van der Waals surface area contributed by atoms with Crippen molar-refractivity contribution in [1.82, 2.24) is 10.2 Å². The van der Waals surface area contributed by atoms with E-state index in [1.54, 1.807) is 0 Å². The molecule has 0 unspecified atom stereocenters. The lowest BCUT2D eigenvalue weighted by molar-refractivity contribution is -0.137. The summed E-state index contributed by atoms with van der Waals surface area (Å²) in [5, 5.41) is 3.32. The summed E-state index contributed by atoms with van der Waals surface area (Å²) in [5.74, 6) is 0.891. The highest BCUT2D eigenvalue weighted by Crippen LogP contribution is 2.29. The Morgan fingerprint density at radius 2 is 1.68 bits per heavy atom. The average Bonchev–Trinajstić information content (AvgIpc) is 3.09. The number of likely N-dealkylation sites (tertiary alicyclic amines) is 1. The van der Waals surface area contributed by atoms with Crippen molar-refractivity contribution in [2.75, 3.05) is 19.6 Å². The third-order valence-electron chi connectivity index (χ3n) is 4.67. The number of benzene rings is 2. The smallest absolute Gasteiger partial charge is 0.416 e. The molecule has 2 aromatic carbocycles. The number of ether oxygens (including phenoxy) is 1. The number of nitrogens with zero attached hydrogens (tertiary/aromatic N) is 1. The minimum atomic E-state index is -4.33. The number of amides is 1. The Bertz CT molecular complexity index is 774. The van der Waals surface area contributed by atoms with Gasteiger partial charge in [-0.1, -0.05) is 24.3 Å². The van der Waals surface area contributed by atoms with E-state index in [1.165, 1.54) is 12.1 Å². The van der Waals surface area contributed by atoms with E-state index < -0.39 is 11.7 Å². The molecular weight excluding hydrogens is 369 g/mol. The first-order valence-corrected chi connectivity index (χ1v) is 9.28. The van der Waals surface area contributed by atoms with Crippen LogP contribution in [0, 0.1) is 0 Å². The Morgan fingerprint density at radius 1 is 1.00 bits per heavy atom. The summed E-state index contributed by atoms with van der Waals surface area (Å²) in [5.41, 5.74) is 1.10. The molecule has 1 aliphatic rings. The van der Waals surface area contributed by atoms with Gasteiger partial charge in [-0.05, 0) is 41.8 Å². The lowest BCUT2D eigenvalue weighted by Gasteiger charge is -2.15. The van der Waals surface area contributed by atoms with E-state index in [0.717, 1.165) is 43.8 Å². The molecule has 0 radical (unpaired) electrons. The molecule has 1 fully saturated rings. The van der Waals surface area contributed by atoms with E-state index in [4.69, 9.17) is 4.74 Å². The number of rotatable bonds is 8. The van der Waals surface area contributed by atoms with Gasteiger partial charge in [0.05, 0.1) is 5.56 Å². The van der Waals surface area contributed by atoms with E-state index >= 15 is 0 Å². The van der Waals surface area contributed by atoms with Gasteiger partial charge in [-0.2, -0.15) is 13.2 Å². The molecule has 1 amide bonds. The summed E-state index contributed by atoms with van der Waals surface area (Å²) < 4.78 is 43.3. The fraction of sp³-hybridized carbons (Fsp3) is 0.381. The van der Waals surface area contributed by atoms with Gasteiger partial charge in [0.1, 0.15) is 12.4 Å². The molecule has 1 saturated heterocycles. The molecule has 0 aromatic heterocycles. The number of carbonyl (C=O) groups is 1. The summed E-state index contributed by atoms with van der Waals surface area (Å²) in [7, 11) is 0. The van der Waals surface area contributed by atoms with Gasteiger partial charge in [0.15, 0.2) is 0 Å². The fourth-order valence-electron chi connectivity index (χ4n) is 3.05. The lowest BCUT2D eigenvalue weighted by atomic mass is 10.1. The van der Waals surface area contributed by atoms with Crippen LogP contribution in [0.4, 0.5) is 13.2 Å². The van der Waals surface area contributed by atoms with Crippen LogP contribution < -0.4 is 10.1 Å². The number of carbonyl (C=O) groups excluding carboxylic acids is 1. The molecule has 1 heterocycles. The van der Waals surface area contributed by atoms with Crippen LogP contribution in [0.3, 0.4) is 0 Å². The second kappa shape index (κ2) is 9.10. The van der Waals surface area contributed by atoms with Gasteiger partial charge >= 0.3 is 6.18 Å². The van der Waals surface area contributed by atoms with E-state index in [2.05, 4.69) is 5.32 Å². The van der Waals surface area contributed by atoms with E-state index in [-0.39, 0.29) is 12.5 Å². The van der Waals surface area contributed by atoms with Gasteiger partial charge in [-0.25, -0.2) is 0 Å². The third-order valence-corrected chi connectivity index (χ3v) is 4.67. The number of halogens is 3. The summed E-state index contributed by atoms with van der Waals surface area (Å²) in [6, 6.07) is 12.5. The van der Waals surface area contributed by atoms with Crippen molar-refractivity contribution in [1.29, 1.82) is 0 Å². The number of hydrogen-bond acceptors (Lipinski definition) is 3. The molecule has 0 atom stereocenters. The van der Waals surface area contributed by atoms with Crippen LogP contribution in [-0.4, -0.2) is 30.4 Å². The first kappa shape index (κ1) is 20.2. The highest BCUT2D eigenvalue weighted by Gasteiger charge is 2.29. The topological polar surface area (TPSA) is 41.6 Å². The molecule has 1 aliphatic heterocycles. The first-order valence-electron chi connectivity index (χ1n) is 9.28. The van der Waals surface area contributed by atoms with Crippen LogP contribution in [0.15, 0.2) is 48.5 Å². The van der Waals surface area contributed by atoms with Gasteiger partial charge < -0.3 is 15.0 Å². The Morgan fingerprint density at radius 3 is 2.29 bits per heavy atom. The molecule has 0 aliphatic carbocycles. The van der Waals surface area contributed by atoms with Crippen molar-refractivity contribution in [2.24, 2.45) is 0 Å². The van der Waals surface area contributed by atoms with Gasteiger partial charge in [0.2, 0.25) is 5.91 Å². The van der Waals surface area contributed by atoms with Gasteiger partial charge in [-0.15, -0.1) is 0 Å². The zero-order valence-corrected chi connectivity index (χ0v) is 15.5. The minimum absolute atomic E-state index is 0.208. The summed E-state index contributed by atoms with van der Waals surface area (Å²) in [6.45, 7) is 3.23. The predicted octanol–water partition coefficient (Wildman–Crippen LogP) is 4.00. The zero-order chi connectivity index (χ0) is 20.0. The maximum Gasteiger partial charge on any atom is 0.416 e. The molecule has 4 nitrogen and oxygen atoms in total. The number of alkyl halides is 3. The van der Waals surface area contributed by atoms with Gasteiger partial charge in [-0.3, -0.25) is 4.79 Å². The second-order valence-electron chi connectivity index (χ2n) is 6.79. The second-order valence-corrected chi connectivity index (χ2v) is 6.79. The summed E-state index contributed by atoms with van der Waals surface area (Å²) in [4.78, 5) is 13.4.